The Bertz CT molecular complexity index is 1050. The summed E-state index contributed by atoms with van der Waals surface area (Å²) < 4.78 is 21.4. The third-order valence-electron chi connectivity index (χ3n) is 4.23. The van der Waals surface area contributed by atoms with Gasteiger partial charge in [-0.25, -0.2) is 4.79 Å². The molecule has 0 radical (unpaired) electrons. The Kier molecular flexibility index (Phi) is 5.75. The van der Waals surface area contributed by atoms with Crippen molar-refractivity contribution in [3.63, 3.8) is 0 Å². The van der Waals surface area contributed by atoms with Crippen molar-refractivity contribution in [1.82, 2.24) is 10.3 Å². The molecule has 0 saturated carbocycles. The molecule has 0 atom stereocenters. The molecule has 0 spiro atoms. The maximum Gasteiger partial charge on any atom is 0.342 e. The van der Waals surface area contributed by atoms with Gasteiger partial charge < -0.3 is 24.3 Å². The fourth-order valence-corrected chi connectivity index (χ4v) is 2.77. The van der Waals surface area contributed by atoms with E-state index in [-0.39, 0.29) is 18.9 Å². The van der Waals surface area contributed by atoms with Crippen molar-refractivity contribution in [2.45, 2.75) is 6.54 Å². The van der Waals surface area contributed by atoms with E-state index in [2.05, 4.69) is 10.3 Å². The number of hydrogen-bond acceptors (Lipinski definition) is 7. The van der Waals surface area contributed by atoms with E-state index >= 15 is 0 Å². The van der Waals surface area contributed by atoms with E-state index < -0.39 is 18.5 Å². The third-order valence-corrected chi connectivity index (χ3v) is 4.23. The molecule has 152 valence electrons. The lowest BCUT2D eigenvalue weighted by molar-refractivity contribution is -0.124. The van der Waals surface area contributed by atoms with Gasteiger partial charge in [0.1, 0.15) is 17.1 Å². The monoisotopic (exact) mass is 406 g/mol. The normalized spacial score (nSPS) is 11.6. The summed E-state index contributed by atoms with van der Waals surface area (Å²) in [7, 11) is 0. The Morgan fingerprint density at radius 3 is 2.77 bits per heavy atom. The van der Waals surface area contributed by atoms with Crippen LogP contribution in [0.15, 0.2) is 67.0 Å². The average Bonchev–Trinajstić information content (AvgIpc) is 3.25. The minimum absolute atomic E-state index is 0.188. The Morgan fingerprint density at radius 2 is 1.90 bits per heavy atom. The molecule has 4 rings (SSSR count). The zero-order valence-electron chi connectivity index (χ0n) is 15.9. The maximum absolute atomic E-state index is 12.4. The first kappa shape index (κ1) is 19.3. The number of pyridine rings is 1. The lowest BCUT2D eigenvalue weighted by atomic mass is 10.2. The summed E-state index contributed by atoms with van der Waals surface area (Å²) in [6.45, 7) is 0.0470. The molecule has 1 aliphatic heterocycles. The van der Waals surface area contributed by atoms with Crippen LogP contribution in [0.5, 0.6) is 23.0 Å². The lowest BCUT2D eigenvalue weighted by Gasteiger charge is -2.11. The van der Waals surface area contributed by atoms with E-state index in [1.807, 2.05) is 6.07 Å². The van der Waals surface area contributed by atoms with Crippen LogP contribution in [-0.2, 0) is 16.1 Å². The predicted octanol–water partition coefficient (Wildman–Crippen LogP) is 3.08. The number of para-hydroxylation sites is 1. The Morgan fingerprint density at radius 1 is 1.03 bits per heavy atom. The summed E-state index contributed by atoms with van der Waals surface area (Å²) in [6, 6.07) is 15.5. The number of aromatic nitrogens is 1. The van der Waals surface area contributed by atoms with Crippen molar-refractivity contribution in [3.05, 3.63) is 78.1 Å². The molecule has 8 heteroatoms. The third kappa shape index (κ3) is 4.67. The van der Waals surface area contributed by atoms with Crippen LogP contribution in [0.25, 0.3) is 0 Å². The van der Waals surface area contributed by atoms with E-state index in [0.29, 0.717) is 23.0 Å². The van der Waals surface area contributed by atoms with Crippen LogP contribution in [-0.4, -0.2) is 30.3 Å². The molecule has 2 aromatic carbocycles. The van der Waals surface area contributed by atoms with E-state index in [1.165, 1.54) is 6.20 Å². The minimum Gasteiger partial charge on any atom is -0.455 e. The Balaban J connectivity index is 1.30. The second kappa shape index (κ2) is 8.95. The molecular formula is C22H18N2O6. The van der Waals surface area contributed by atoms with Crippen LogP contribution in [0.4, 0.5) is 0 Å². The average molecular weight is 406 g/mol. The number of benzene rings is 2. The topological polar surface area (TPSA) is 96.0 Å². The number of nitrogens with zero attached hydrogens (tertiary/aromatic N) is 1. The molecule has 0 bridgehead atoms. The van der Waals surface area contributed by atoms with Gasteiger partial charge in [-0.15, -0.1) is 0 Å². The SMILES string of the molecule is O=C(COC(=O)c1ccccc1Oc1cccnc1)NCc1ccc2c(c1)OCO2. The van der Waals surface area contributed by atoms with Gasteiger partial charge in [0.25, 0.3) is 5.91 Å². The number of hydrogen-bond donors (Lipinski definition) is 1. The van der Waals surface area contributed by atoms with Crippen LogP contribution < -0.4 is 19.5 Å². The first-order valence-corrected chi connectivity index (χ1v) is 9.18. The van der Waals surface area contributed by atoms with Crippen LogP contribution in [0.3, 0.4) is 0 Å². The molecule has 8 nitrogen and oxygen atoms in total. The van der Waals surface area contributed by atoms with Gasteiger partial charge in [0, 0.05) is 12.7 Å². The van der Waals surface area contributed by atoms with Crippen molar-refractivity contribution in [1.29, 1.82) is 0 Å². The summed E-state index contributed by atoms with van der Waals surface area (Å²) in [5.41, 5.74) is 1.05. The van der Waals surface area contributed by atoms with Gasteiger partial charge in [0.05, 0.1) is 6.20 Å². The van der Waals surface area contributed by atoms with Crippen molar-refractivity contribution in [2.75, 3.05) is 13.4 Å². The molecule has 1 aromatic heterocycles. The fraction of sp³-hybridized carbons (Fsp3) is 0.136. The number of nitrogens with one attached hydrogen (secondary N) is 1. The predicted molar refractivity (Wildman–Crippen MR) is 105 cm³/mol. The molecular weight excluding hydrogens is 388 g/mol. The summed E-state index contributed by atoms with van der Waals surface area (Å²) >= 11 is 0. The van der Waals surface area contributed by atoms with Gasteiger partial charge in [-0.3, -0.25) is 9.78 Å². The number of amides is 1. The zero-order chi connectivity index (χ0) is 20.8. The van der Waals surface area contributed by atoms with Crippen LogP contribution in [0, 0.1) is 0 Å². The molecule has 2 heterocycles. The largest absolute Gasteiger partial charge is 0.455 e. The highest BCUT2D eigenvalue weighted by Crippen LogP contribution is 2.32. The van der Waals surface area contributed by atoms with Gasteiger partial charge in [-0.1, -0.05) is 18.2 Å². The zero-order valence-corrected chi connectivity index (χ0v) is 15.9. The second-order valence-electron chi connectivity index (χ2n) is 6.33. The van der Waals surface area contributed by atoms with Crippen molar-refractivity contribution < 1.29 is 28.5 Å². The molecule has 0 fully saturated rings. The van der Waals surface area contributed by atoms with Crippen LogP contribution >= 0.6 is 0 Å². The second-order valence-corrected chi connectivity index (χ2v) is 6.33. The number of rotatable bonds is 7. The standard InChI is InChI=1S/C22H18N2O6/c25-21(24-11-15-7-8-19-20(10-15)29-14-28-19)13-27-22(26)17-5-1-2-6-18(17)30-16-4-3-9-23-12-16/h1-10,12H,11,13-14H2,(H,24,25). The molecule has 3 aromatic rings. The summed E-state index contributed by atoms with van der Waals surface area (Å²) in [6.07, 6.45) is 3.15. The number of esters is 1. The minimum atomic E-state index is -0.660. The highest BCUT2D eigenvalue weighted by molar-refractivity contribution is 5.94. The highest BCUT2D eigenvalue weighted by Gasteiger charge is 2.17. The maximum atomic E-state index is 12.4. The summed E-state index contributed by atoms with van der Waals surface area (Å²) in [5.74, 6) is 1.03. The molecule has 30 heavy (non-hydrogen) atoms. The lowest BCUT2D eigenvalue weighted by Crippen LogP contribution is -2.28. The van der Waals surface area contributed by atoms with Gasteiger partial charge in [0.2, 0.25) is 6.79 Å². The van der Waals surface area contributed by atoms with Gasteiger partial charge in [-0.2, -0.15) is 0 Å². The van der Waals surface area contributed by atoms with Crippen molar-refractivity contribution in [3.8, 4) is 23.0 Å². The van der Waals surface area contributed by atoms with Crippen LogP contribution in [0.2, 0.25) is 0 Å². The molecule has 1 aliphatic rings. The van der Waals surface area contributed by atoms with E-state index in [9.17, 15) is 9.59 Å². The fourth-order valence-electron chi connectivity index (χ4n) is 2.77. The van der Waals surface area contributed by atoms with Crippen LogP contribution in [0.1, 0.15) is 15.9 Å². The Hall–Kier alpha value is -4.07. The van der Waals surface area contributed by atoms with Crippen molar-refractivity contribution in [2.24, 2.45) is 0 Å². The van der Waals surface area contributed by atoms with Gasteiger partial charge in [-0.05, 0) is 42.0 Å². The summed E-state index contributed by atoms with van der Waals surface area (Å²) in [5, 5.41) is 2.70. The molecule has 0 aliphatic carbocycles. The first-order valence-electron chi connectivity index (χ1n) is 9.18. The van der Waals surface area contributed by atoms with E-state index in [0.717, 1.165) is 5.56 Å². The summed E-state index contributed by atoms with van der Waals surface area (Å²) in [4.78, 5) is 28.5. The Labute approximate surface area is 172 Å². The molecule has 1 amide bonds. The number of fused-ring (bicyclic) bond motifs is 1. The van der Waals surface area contributed by atoms with Crippen molar-refractivity contribution >= 4 is 11.9 Å². The smallest absolute Gasteiger partial charge is 0.342 e. The van der Waals surface area contributed by atoms with Gasteiger partial charge in [0.15, 0.2) is 18.1 Å². The number of ether oxygens (including phenoxy) is 4. The quantitative estimate of drug-likeness (QED) is 0.603. The highest BCUT2D eigenvalue weighted by atomic mass is 16.7. The number of carbonyl (C=O) groups excluding carboxylic acids is 2. The molecule has 0 unspecified atom stereocenters. The molecule has 1 N–H and O–H groups in total. The van der Waals surface area contributed by atoms with E-state index in [1.54, 1.807) is 54.7 Å². The van der Waals surface area contributed by atoms with Gasteiger partial charge >= 0.3 is 5.97 Å². The van der Waals surface area contributed by atoms with E-state index in [4.69, 9.17) is 18.9 Å². The first-order chi connectivity index (χ1) is 14.7. The molecule has 0 saturated heterocycles. The number of carbonyl (C=O) groups is 2.